The largest absolute Gasteiger partial charge is 0.494 e. The summed E-state index contributed by atoms with van der Waals surface area (Å²) < 4.78 is 18.3. The molecule has 0 bridgehead atoms. The van der Waals surface area contributed by atoms with Crippen molar-refractivity contribution >= 4 is 0 Å². The highest BCUT2D eigenvalue weighted by molar-refractivity contribution is 5.30. The number of ether oxygens (including phenoxy) is 1. The summed E-state index contributed by atoms with van der Waals surface area (Å²) in [5.41, 5.74) is 0.832. The second-order valence-corrected chi connectivity index (χ2v) is 3.87. The Kier molecular flexibility index (Phi) is 4.71. The van der Waals surface area contributed by atoms with E-state index in [2.05, 4.69) is 5.32 Å². The van der Waals surface area contributed by atoms with E-state index < -0.39 is 0 Å². The van der Waals surface area contributed by atoms with Crippen LogP contribution in [0.25, 0.3) is 0 Å². The Morgan fingerprint density at radius 3 is 2.62 bits per heavy atom. The number of nitrogens with one attached hydrogen (secondary N) is 1. The summed E-state index contributed by atoms with van der Waals surface area (Å²) in [6.07, 6.45) is 0. The first kappa shape index (κ1) is 12.9. The third kappa shape index (κ3) is 3.18. The number of halogens is 1. The predicted molar refractivity (Wildman–Crippen MR) is 61.1 cm³/mol. The molecule has 2 N–H and O–H groups in total. The van der Waals surface area contributed by atoms with Crippen LogP contribution in [0.2, 0.25) is 0 Å². The molecule has 0 saturated heterocycles. The van der Waals surface area contributed by atoms with Crippen LogP contribution in [0.5, 0.6) is 5.75 Å². The maximum Gasteiger partial charge on any atom is 0.165 e. The van der Waals surface area contributed by atoms with Crippen molar-refractivity contribution in [3.05, 3.63) is 29.6 Å². The molecule has 0 amide bonds. The topological polar surface area (TPSA) is 41.5 Å². The SMILES string of the molecule is COc1ccc(C(C)NC(C)CO)cc1F. The van der Waals surface area contributed by atoms with Gasteiger partial charge in [0.05, 0.1) is 13.7 Å². The van der Waals surface area contributed by atoms with Crippen LogP contribution in [0.15, 0.2) is 18.2 Å². The summed E-state index contributed by atoms with van der Waals surface area (Å²) >= 11 is 0. The molecule has 4 heteroatoms. The van der Waals surface area contributed by atoms with Crippen molar-refractivity contribution < 1.29 is 14.2 Å². The Hall–Kier alpha value is -1.13. The van der Waals surface area contributed by atoms with E-state index >= 15 is 0 Å². The van der Waals surface area contributed by atoms with Gasteiger partial charge in [0, 0.05) is 12.1 Å². The zero-order chi connectivity index (χ0) is 12.1. The number of hydrogen-bond acceptors (Lipinski definition) is 3. The van der Waals surface area contributed by atoms with Crippen LogP contribution >= 0.6 is 0 Å². The van der Waals surface area contributed by atoms with Crippen LogP contribution in [-0.2, 0) is 0 Å². The molecular formula is C12H18FNO2. The van der Waals surface area contributed by atoms with Gasteiger partial charge in [0.15, 0.2) is 11.6 Å². The highest BCUT2D eigenvalue weighted by Gasteiger charge is 2.11. The molecule has 2 atom stereocenters. The summed E-state index contributed by atoms with van der Waals surface area (Å²) in [7, 11) is 1.44. The molecule has 1 aromatic carbocycles. The van der Waals surface area contributed by atoms with Gasteiger partial charge in [-0.3, -0.25) is 0 Å². The monoisotopic (exact) mass is 227 g/mol. The van der Waals surface area contributed by atoms with Gasteiger partial charge in [-0.2, -0.15) is 0 Å². The fourth-order valence-electron chi connectivity index (χ4n) is 1.53. The van der Waals surface area contributed by atoms with E-state index in [0.717, 1.165) is 5.56 Å². The zero-order valence-corrected chi connectivity index (χ0v) is 9.83. The average Bonchev–Trinajstić information content (AvgIpc) is 2.28. The first-order chi connectivity index (χ1) is 7.58. The molecule has 2 unspecified atom stereocenters. The molecule has 90 valence electrons. The van der Waals surface area contributed by atoms with Gasteiger partial charge in [0.2, 0.25) is 0 Å². The quantitative estimate of drug-likeness (QED) is 0.806. The van der Waals surface area contributed by atoms with E-state index in [-0.39, 0.29) is 30.3 Å². The summed E-state index contributed by atoms with van der Waals surface area (Å²) in [5.74, 6) is -0.128. The van der Waals surface area contributed by atoms with Crippen LogP contribution in [0.4, 0.5) is 4.39 Å². The lowest BCUT2D eigenvalue weighted by atomic mass is 10.1. The lowest BCUT2D eigenvalue weighted by molar-refractivity contribution is 0.243. The molecule has 0 fully saturated rings. The highest BCUT2D eigenvalue weighted by Crippen LogP contribution is 2.21. The molecule has 0 aliphatic carbocycles. The van der Waals surface area contributed by atoms with Crippen molar-refractivity contribution in [3.8, 4) is 5.75 Å². The number of rotatable bonds is 5. The van der Waals surface area contributed by atoms with Crippen LogP contribution in [0, 0.1) is 5.82 Å². The van der Waals surface area contributed by atoms with E-state index in [1.165, 1.54) is 13.2 Å². The molecule has 16 heavy (non-hydrogen) atoms. The van der Waals surface area contributed by atoms with E-state index in [4.69, 9.17) is 9.84 Å². The van der Waals surface area contributed by atoms with Gasteiger partial charge in [-0.25, -0.2) is 4.39 Å². The number of aliphatic hydroxyl groups is 1. The Balaban J connectivity index is 2.76. The Labute approximate surface area is 95.2 Å². The van der Waals surface area contributed by atoms with Gasteiger partial charge in [0.1, 0.15) is 0 Å². The van der Waals surface area contributed by atoms with Crippen LogP contribution in [0.3, 0.4) is 0 Å². The summed E-state index contributed by atoms with van der Waals surface area (Å²) in [4.78, 5) is 0. The highest BCUT2D eigenvalue weighted by atomic mass is 19.1. The third-order valence-corrected chi connectivity index (χ3v) is 2.48. The zero-order valence-electron chi connectivity index (χ0n) is 9.83. The lowest BCUT2D eigenvalue weighted by Gasteiger charge is -2.19. The summed E-state index contributed by atoms with van der Waals surface area (Å²) in [6, 6.07) is 4.83. The van der Waals surface area contributed by atoms with Crippen LogP contribution in [-0.4, -0.2) is 24.9 Å². The van der Waals surface area contributed by atoms with Gasteiger partial charge in [-0.15, -0.1) is 0 Å². The second-order valence-electron chi connectivity index (χ2n) is 3.87. The number of methoxy groups -OCH3 is 1. The normalized spacial score (nSPS) is 14.6. The van der Waals surface area contributed by atoms with Crippen molar-refractivity contribution in [1.82, 2.24) is 5.32 Å². The molecule has 0 aromatic heterocycles. The van der Waals surface area contributed by atoms with E-state index in [0.29, 0.717) is 0 Å². The smallest absolute Gasteiger partial charge is 0.165 e. The molecular weight excluding hydrogens is 209 g/mol. The molecule has 0 heterocycles. The molecule has 3 nitrogen and oxygen atoms in total. The fraction of sp³-hybridized carbons (Fsp3) is 0.500. The summed E-state index contributed by atoms with van der Waals surface area (Å²) in [5, 5.41) is 12.1. The van der Waals surface area contributed by atoms with Gasteiger partial charge in [-0.1, -0.05) is 6.07 Å². The number of benzene rings is 1. The van der Waals surface area contributed by atoms with Crippen molar-refractivity contribution in [2.24, 2.45) is 0 Å². The predicted octanol–water partition coefficient (Wildman–Crippen LogP) is 1.87. The Morgan fingerprint density at radius 1 is 1.44 bits per heavy atom. The van der Waals surface area contributed by atoms with Gasteiger partial charge >= 0.3 is 0 Å². The van der Waals surface area contributed by atoms with Crippen LogP contribution in [0.1, 0.15) is 25.5 Å². The number of hydrogen-bond donors (Lipinski definition) is 2. The van der Waals surface area contributed by atoms with Crippen molar-refractivity contribution in [1.29, 1.82) is 0 Å². The Morgan fingerprint density at radius 2 is 2.12 bits per heavy atom. The molecule has 0 saturated carbocycles. The van der Waals surface area contributed by atoms with Crippen molar-refractivity contribution in [3.63, 3.8) is 0 Å². The standard InChI is InChI=1S/C12H18FNO2/c1-8(7-15)14-9(2)10-4-5-12(16-3)11(13)6-10/h4-6,8-9,14-15H,7H2,1-3H3. The van der Waals surface area contributed by atoms with Gasteiger partial charge < -0.3 is 15.2 Å². The third-order valence-electron chi connectivity index (χ3n) is 2.48. The van der Waals surface area contributed by atoms with E-state index in [9.17, 15) is 4.39 Å². The molecule has 0 aliphatic rings. The number of aliphatic hydroxyl groups excluding tert-OH is 1. The van der Waals surface area contributed by atoms with E-state index in [1.807, 2.05) is 19.9 Å². The minimum absolute atomic E-state index is 0.0115. The minimum Gasteiger partial charge on any atom is -0.494 e. The minimum atomic E-state index is -0.370. The lowest BCUT2D eigenvalue weighted by Crippen LogP contribution is -2.31. The van der Waals surface area contributed by atoms with Gasteiger partial charge in [-0.05, 0) is 31.5 Å². The van der Waals surface area contributed by atoms with Crippen molar-refractivity contribution in [2.45, 2.75) is 25.9 Å². The van der Waals surface area contributed by atoms with Crippen LogP contribution < -0.4 is 10.1 Å². The Bertz CT molecular complexity index is 344. The van der Waals surface area contributed by atoms with Gasteiger partial charge in [0.25, 0.3) is 0 Å². The molecule has 0 radical (unpaired) electrons. The maximum atomic E-state index is 13.4. The molecule has 1 rings (SSSR count). The molecule has 1 aromatic rings. The first-order valence-corrected chi connectivity index (χ1v) is 5.28. The maximum absolute atomic E-state index is 13.4. The molecule has 0 spiro atoms. The van der Waals surface area contributed by atoms with Crippen molar-refractivity contribution in [2.75, 3.05) is 13.7 Å². The molecule has 0 aliphatic heterocycles. The second kappa shape index (κ2) is 5.82. The first-order valence-electron chi connectivity index (χ1n) is 5.28. The summed E-state index contributed by atoms with van der Waals surface area (Å²) in [6.45, 7) is 3.85. The average molecular weight is 227 g/mol. The fourth-order valence-corrected chi connectivity index (χ4v) is 1.53. The van der Waals surface area contributed by atoms with E-state index in [1.54, 1.807) is 6.07 Å².